The Morgan fingerprint density at radius 2 is 1.47 bits per heavy atom. The van der Waals surface area contributed by atoms with Gasteiger partial charge < -0.3 is 5.73 Å². The third-order valence-electron chi connectivity index (χ3n) is 3.08. The SMILES string of the molecule is Cc1ccccc1C(N)c1cccc(C)c1F. The van der Waals surface area contributed by atoms with Crippen molar-refractivity contribution in [3.63, 3.8) is 0 Å². The van der Waals surface area contributed by atoms with Crippen LogP contribution in [0.25, 0.3) is 0 Å². The number of rotatable bonds is 2. The summed E-state index contributed by atoms with van der Waals surface area (Å²) in [6.07, 6.45) is 0. The van der Waals surface area contributed by atoms with Crippen LogP contribution in [0.4, 0.5) is 4.39 Å². The van der Waals surface area contributed by atoms with Crippen LogP contribution in [0.5, 0.6) is 0 Å². The molecule has 0 aromatic heterocycles. The highest BCUT2D eigenvalue weighted by Gasteiger charge is 2.15. The lowest BCUT2D eigenvalue weighted by Crippen LogP contribution is -2.15. The Balaban J connectivity index is 2.48. The van der Waals surface area contributed by atoms with E-state index in [4.69, 9.17) is 5.73 Å². The summed E-state index contributed by atoms with van der Waals surface area (Å²) in [4.78, 5) is 0. The minimum Gasteiger partial charge on any atom is -0.320 e. The second-order valence-corrected chi connectivity index (χ2v) is 4.31. The fourth-order valence-electron chi connectivity index (χ4n) is 2.01. The lowest BCUT2D eigenvalue weighted by atomic mass is 9.94. The van der Waals surface area contributed by atoms with E-state index in [2.05, 4.69) is 0 Å². The Bertz CT molecular complexity index is 534. The Labute approximate surface area is 101 Å². The van der Waals surface area contributed by atoms with Gasteiger partial charge in [-0.05, 0) is 30.5 Å². The second kappa shape index (κ2) is 4.68. The van der Waals surface area contributed by atoms with E-state index >= 15 is 0 Å². The molecule has 17 heavy (non-hydrogen) atoms. The molecule has 0 aliphatic heterocycles. The summed E-state index contributed by atoms with van der Waals surface area (Å²) in [6, 6.07) is 12.8. The number of benzene rings is 2. The Morgan fingerprint density at radius 1 is 0.882 bits per heavy atom. The van der Waals surface area contributed by atoms with Gasteiger partial charge in [0.25, 0.3) is 0 Å². The van der Waals surface area contributed by atoms with Gasteiger partial charge in [-0.3, -0.25) is 0 Å². The minimum atomic E-state index is -0.406. The zero-order valence-electron chi connectivity index (χ0n) is 10.1. The molecule has 2 aromatic carbocycles. The lowest BCUT2D eigenvalue weighted by Gasteiger charge is -2.16. The highest BCUT2D eigenvalue weighted by Crippen LogP contribution is 2.25. The first kappa shape index (κ1) is 11.8. The van der Waals surface area contributed by atoms with Crippen LogP contribution in [-0.2, 0) is 0 Å². The normalized spacial score (nSPS) is 12.5. The smallest absolute Gasteiger partial charge is 0.131 e. The quantitative estimate of drug-likeness (QED) is 0.838. The molecule has 0 amide bonds. The average Bonchev–Trinajstić information content (AvgIpc) is 2.32. The lowest BCUT2D eigenvalue weighted by molar-refractivity contribution is 0.590. The van der Waals surface area contributed by atoms with Crippen molar-refractivity contribution in [1.82, 2.24) is 0 Å². The van der Waals surface area contributed by atoms with E-state index < -0.39 is 6.04 Å². The predicted molar refractivity (Wildman–Crippen MR) is 68.3 cm³/mol. The fraction of sp³-hybridized carbons (Fsp3) is 0.200. The number of hydrogen-bond acceptors (Lipinski definition) is 1. The van der Waals surface area contributed by atoms with Crippen LogP contribution in [0.3, 0.4) is 0 Å². The van der Waals surface area contributed by atoms with E-state index in [0.717, 1.165) is 11.1 Å². The minimum absolute atomic E-state index is 0.205. The van der Waals surface area contributed by atoms with Gasteiger partial charge in [-0.2, -0.15) is 0 Å². The fourth-order valence-corrected chi connectivity index (χ4v) is 2.01. The molecular weight excluding hydrogens is 213 g/mol. The molecule has 2 heteroatoms. The maximum Gasteiger partial charge on any atom is 0.131 e. The molecule has 0 aliphatic rings. The van der Waals surface area contributed by atoms with E-state index in [1.807, 2.05) is 37.3 Å². The first-order chi connectivity index (χ1) is 8.11. The van der Waals surface area contributed by atoms with Crippen molar-refractivity contribution in [2.75, 3.05) is 0 Å². The molecular formula is C15H16FN. The van der Waals surface area contributed by atoms with Crippen molar-refractivity contribution in [3.8, 4) is 0 Å². The molecule has 0 aliphatic carbocycles. The largest absolute Gasteiger partial charge is 0.320 e. The van der Waals surface area contributed by atoms with E-state index in [9.17, 15) is 4.39 Å². The molecule has 0 fully saturated rings. The number of nitrogens with two attached hydrogens (primary N) is 1. The zero-order chi connectivity index (χ0) is 12.4. The second-order valence-electron chi connectivity index (χ2n) is 4.31. The molecule has 2 aromatic rings. The number of halogens is 1. The summed E-state index contributed by atoms with van der Waals surface area (Å²) < 4.78 is 14.0. The van der Waals surface area contributed by atoms with Crippen LogP contribution in [0.15, 0.2) is 42.5 Å². The van der Waals surface area contributed by atoms with Crippen LogP contribution in [-0.4, -0.2) is 0 Å². The summed E-state index contributed by atoms with van der Waals surface area (Å²) >= 11 is 0. The van der Waals surface area contributed by atoms with Crippen molar-refractivity contribution < 1.29 is 4.39 Å². The first-order valence-corrected chi connectivity index (χ1v) is 5.67. The molecule has 1 unspecified atom stereocenters. The summed E-state index contributed by atoms with van der Waals surface area (Å²) in [5.74, 6) is -0.205. The molecule has 0 heterocycles. The maximum atomic E-state index is 14.0. The summed E-state index contributed by atoms with van der Waals surface area (Å²) in [6.45, 7) is 3.74. The van der Waals surface area contributed by atoms with Gasteiger partial charge in [0.05, 0.1) is 6.04 Å². The monoisotopic (exact) mass is 229 g/mol. The summed E-state index contributed by atoms with van der Waals surface area (Å²) in [5.41, 5.74) is 9.39. The van der Waals surface area contributed by atoms with Crippen molar-refractivity contribution >= 4 is 0 Å². The number of aryl methyl sites for hydroxylation is 2. The molecule has 0 bridgehead atoms. The highest BCUT2D eigenvalue weighted by molar-refractivity contribution is 5.38. The topological polar surface area (TPSA) is 26.0 Å². The van der Waals surface area contributed by atoms with E-state index in [-0.39, 0.29) is 5.82 Å². The molecule has 88 valence electrons. The molecule has 2 N–H and O–H groups in total. The van der Waals surface area contributed by atoms with E-state index in [1.54, 1.807) is 19.1 Å². The standard InChI is InChI=1S/C15H16FN/c1-10-6-3-4-8-12(10)15(17)13-9-5-7-11(2)14(13)16/h3-9,15H,17H2,1-2H3. The molecule has 2 rings (SSSR count). The van der Waals surface area contributed by atoms with Crippen molar-refractivity contribution in [3.05, 3.63) is 70.5 Å². The average molecular weight is 229 g/mol. The van der Waals surface area contributed by atoms with Crippen LogP contribution >= 0.6 is 0 Å². The van der Waals surface area contributed by atoms with E-state index in [1.165, 1.54) is 0 Å². The summed E-state index contributed by atoms with van der Waals surface area (Å²) in [5, 5.41) is 0. The van der Waals surface area contributed by atoms with Crippen LogP contribution < -0.4 is 5.73 Å². The molecule has 1 atom stereocenters. The highest BCUT2D eigenvalue weighted by atomic mass is 19.1. The maximum absolute atomic E-state index is 14.0. The molecule has 1 nitrogen and oxygen atoms in total. The first-order valence-electron chi connectivity index (χ1n) is 5.67. The molecule has 0 saturated carbocycles. The predicted octanol–water partition coefficient (Wildman–Crippen LogP) is 3.49. The van der Waals surface area contributed by atoms with Crippen LogP contribution in [0, 0.1) is 19.7 Å². The van der Waals surface area contributed by atoms with Gasteiger partial charge in [0.2, 0.25) is 0 Å². The molecule has 0 saturated heterocycles. The third-order valence-corrected chi connectivity index (χ3v) is 3.08. The van der Waals surface area contributed by atoms with Gasteiger partial charge in [-0.1, -0.05) is 42.5 Å². The number of hydrogen-bond donors (Lipinski definition) is 1. The van der Waals surface area contributed by atoms with Gasteiger partial charge in [0.1, 0.15) is 5.82 Å². The third kappa shape index (κ3) is 2.22. The zero-order valence-corrected chi connectivity index (χ0v) is 10.1. The van der Waals surface area contributed by atoms with E-state index in [0.29, 0.717) is 11.1 Å². The van der Waals surface area contributed by atoms with Gasteiger partial charge >= 0.3 is 0 Å². The van der Waals surface area contributed by atoms with Crippen LogP contribution in [0.2, 0.25) is 0 Å². The molecule has 0 spiro atoms. The van der Waals surface area contributed by atoms with Crippen molar-refractivity contribution in [1.29, 1.82) is 0 Å². The van der Waals surface area contributed by atoms with Gasteiger partial charge in [-0.25, -0.2) is 4.39 Å². The van der Waals surface area contributed by atoms with Gasteiger partial charge in [0, 0.05) is 5.56 Å². The Hall–Kier alpha value is -1.67. The summed E-state index contributed by atoms with van der Waals surface area (Å²) in [7, 11) is 0. The Kier molecular flexibility index (Phi) is 3.25. The van der Waals surface area contributed by atoms with Crippen LogP contribution in [0.1, 0.15) is 28.3 Å². The van der Waals surface area contributed by atoms with Crippen molar-refractivity contribution in [2.45, 2.75) is 19.9 Å². The van der Waals surface area contributed by atoms with Gasteiger partial charge in [0.15, 0.2) is 0 Å². The van der Waals surface area contributed by atoms with Crippen molar-refractivity contribution in [2.24, 2.45) is 5.73 Å². The molecule has 0 radical (unpaired) electrons. The Morgan fingerprint density at radius 3 is 2.18 bits per heavy atom. The van der Waals surface area contributed by atoms with Gasteiger partial charge in [-0.15, -0.1) is 0 Å².